The number of hydrogen-bond acceptors (Lipinski definition) is 3. The molecule has 0 fully saturated rings. The molecule has 0 saturated heterocycles. The van der Waals surface area contributed by atoms with Gasteiger partial charge in [-0.1, -0.05) is 117 Å². The van der Waals surface area contributed by atoms with E-state index >= 15 is 0 Å². The molecule has 226 valence electrons. The molecule has 0 atom stereocenters. The van der Waals surface area contributed by atoms with E-state index in [9.17, 15) is 5.41 Å². The molecule has 4 heteroatoms. The van der Waals surface area contributed by atoms with Crippen molar-refractivity contribution in [3.8, 4) is 11.1 Å². The molecule has 3 N–H and O–H groups in total. The number of nitrogens with two attached hydrogens (primary N) is 1. The largest absolute Gasteiger partial charge is 0.310 e. The molecule has 0 saturated carbocycles. The van der Waals surface area contributed by atoms with E-state index in [1.165, 1.54) is 33.0 Å². The van der Waals surface area contributed by atoms with E-state index in [2.05, 4.69) is 145 Å². The lowest BCUT2D eigenvalue weighted by Gasteiger charge is -2.28. The highest BCUT2D eigenvalue weighted by molar-refractivity contribution is 6.32. The molecule has 0 spiro atoms. The zero-order valence-corrected chi connectivity index (χ0v) is 26.5. The van der Waals surface area contributed by atoms with Crippen LogP contribution in [-0.2, 0) is 5.41 Å². The number of fused-ring (bicyclic) bond motifs is 4. The van der Waals surface area contributed by atoms with Crippen LogP contribution in [0.15, 0.2) is 163 Å². The van der Waals surface area contributed by atoms with Crippen molar-refractivity contribution < 1.29 is 5.32 Å². The Kier molecular flexibility index (Phi) is 7.01. The summed E-state index contributed by atoms with van der Waals surface area (Å²) in [6.07, 6.45) is 5.53. The predicted molar refractivity (Wildman–Crippen MR) is 196 cm³/mol. The number of hydrogen-bond donors (Lipinski definition) is 2. The lowest BCUT2D eigenvalue weighted by Crippen LogP contribution is -2.77. The molecule has 0 amide bonds. The third-order valence-corrected chi connectivity index (χ3v) is 9.49. The van der Waals surface area contributed by atoms with Gasteiger partial charge in [0.1, 0.15) is 6.20 Å². The average molecular weight is 608 g/mol. The van der Waals surface area contributed by atoms with Gasteiger partial charge in [0.25, 0.3) is 0 Å². The number of quaternary nitrogens is 1. The second kappa shape index (κ2) is 11.5. The first-order valence-electron chi connectivity index (χ1n) is 16.0. The molecule has 1 aliphatic carbocycles. The summed E-state index contributed by atoms with van der Waals surface area (Å²) in [7, 11) is 0. The molecule has 1 heterocycles. The first-order valence-corrected chi connectivity index (χ1v) is 16.0. The van der Waals surface area contributed by atoms with Crippen LogP contribution in [-0.4, -0.2) is 11.9 Å². The zero-order chi connectivity index (χ0) is 32.0. The minimum absolute atomic E-state index is 0.105. The Bertz CT molecular complexity index is 2260. The highest BCUT2D eigenvalue weighted by atomic mass is 15.1. The Labute approximate surface area is 275 Å². The quantitative estimate of drug-likeness (QED) is 0.182. The van der Waals surface area contributed by atoms with Crippen LogP contribution in [0.4, 0.5) is 17.1 Å². The monoisotopic (exact) mass is 607 g/mol. The van der Waals surface area contributed by atoms with Gasteiger partial charge < -0.3 is 4.90 Å². The average Bonchev–Trinajstić information content (AvgIpc) is 3.35. The van der Waals surface area contributed by atoms with Crippen molar-refractivity contribution in [1.29, 1.82) is 5.41 Å². The number of nitrogens with one attached hydrogen (secondary N) is 1. The fraction of sp³-hybridized carbons (Fsp3) is 0.0698. The maximum atomic E-state index is 9.37. The minimum Gasteiger partial charge on any atom is -0.310 e. The van der Waals surface area contributed by atoms with E-state index in [0.29, 0.717) is 5.71 Å². The second-order valence-corrected chi connectivity index (χ2v) is 12.7. The molecule has 8 rings (SSSR count). The van der Waals surface area contributed by atoms with E-state index < -0.39 is 0 Å². The van der Waals surface area contributed by atoms with Gasteiger partial charge in [-0.05, 0) is 75.0 Å². The van der Waals surface area contributed by atoms with Gasteiger partial charge in [-0.15, -0.1) is 0 Å². The van der Waals surface area contributed by atoms with Crippen LogP contribution in [0.3, 0.4) is 0 Å². The zero-order valence-electron chi connectivity index (χ0n) is 26.5. The van der Waals surface area contributed by atoms with Crippen LogP contribution >= 0.6 is 0 Å². The van der Waals surface area contributed by atoms with Crippen LogP contribution in [0.2, 0.25) is 0 Å². The van der Waals surface area contributed by atoms with E-state index in [-0.39, 0.29) is 5.41 Å². The highest BCUT2D eigenvalue weighted by Gasteiger charge is 2.35. The van der Waals surface area contributed by atoms with Crippen LogP contribution in [0.1, 0.15) is 36.1 Å². The van der Waals surface area contributed by atoms with Crippen LogP contribution in [0, 0.1) is 5.41 Å². The SMILES string of the molecule is CC1(C)c2ccccc2-c2ccc(N(c3ccc(C(=N)C(=C4C=NC=C[NH2+]4)c4ccccc4)cc3)c3ccc4ccccc4c3)cc21. The maximum Gasteiger partial charge on any atom is 0.162 e. The fourth-order valence-electron chi connectivity index (χ4n) is 7.09. The van der Waals surface area contributed by atoms with E-state index in [0.717, 1.165) is 39.5 Å². The summed E-state index contributed by atoms with van der Waals surface area (Å²) in [5, 5.41) is 13.8. The topological polar surface area (TPSA) is 56.1 Å². The minimum atomic E-state index is -0.105. The Morgan fingerprint density at radius 1 is 0.617 bits per heavy atom. The molecule has 4 nitrogen and oxygen atoms in total. The third kappa shape index (κ3) is 5.00. The van der Waals surface area contributed by atoms with Gasteiger partial charge in [0.15, 0.2) is 5.70 Å². The first kappa shape index (κ1) is 28.6. The van der Waals surface area contributed by atoms with E-state index in [4.69, 9.17) is 0 Å². The van der Waals surface area contributed by atoms with Crippen molar-refractivity contribution in [1.82, 2.24) is 0 Å². The number of nitrogens with zero attached hydrogens (tertiary/aromatic N) is 2. The highest BCUT2D eigenvalue weighted by Crippen LogP contribution is 2.50. The van der Waals surface area contributed by atoms with Gasteiger partial charge in [-0.25, -0.2) is 0 Å². The summed E-state index contributed by atoms with van der Waals surface area (Å²) in [5.74, 6) is 0. The molecule has 6 aromatic carbocycles. The summed E-state index contributed by atoms with van der Waals surface area (Å²) in [6.45, 7) is 4.65. The molecule has 0 bridgehead atoms. The van der Waals surface area contributed by atoms with Crippen LogP contribution < -0.4 is 10.2 Å². The van der Waals surface area contributed by atoms with Crippen molar-refractivity contribution in [2.24, 2.45) is 4.99 Å². The molecule has 47 heavy (non-hydrogen) atoms. The normalized spacial score (nSPS) is 15.3. The van der Waals surface area contributed by atoms with Gasteiger partial charge in [-0.3, -0.25) is 15.7 Å². The van der Waals surface area contributed by atoms with Gasteiger partial charge >= 0.3 is 0 Å². The Hall–Kier alpha value is -5.84. The summed E-state index contributed by atoms with van der Waals surface area (Å²) < 4.78 is 0. The fourth-order valence-corrected chi connectivity index (χ4v) is 7.09. The Morgan fingerprint density at radius 3 is 2.06 bits per heavy atom. The maximum absolute atomic E-state index is 9.37. The van der Waals surface area contributed by atoms with Gasteiger partial charge in [0.05, 0.1) is 23.7 Å². The first-order chi connectivity index (χ1) is 23.0. The van der Waals surface area contributed by atoms with Crippen molar-refractivity contribution in [3.05, 3.63) is 180 Å². The number of rotatable bonds is 6. The van der Waals surface area contributed by atoms with Crippen molar-refractivity contribution in [2.75, 3.05) is 4.90 Å². The van der Waals surface area contributed by atoms with Crippen LogP contribution in [0.5, 0.6) is 0 Å². The number of anilines is 3. The number of allylic oxidation sites excluding steroid dienone is 2. The lowest BCUT2D eigenvalue weighted by molar-refractivity contribution is -0.525. The summed E-state index contributed by atoms with van der Waals surface area (Å²) in [5.41, 5.74) is 12.5. The van der Waals surface area contributed by atoms with Gasteiger partial charge in [0, 0.05) is 28.0 Å². The summed E-state index contributed by atoms with van der Waals surface area (Å²) in [6, 6.07) is 49.4. The van der Waals surface area contributed by atoms with Crippen molar-refractivity contribution in [3.63, 3.8) is 0 Å². The standard InChI is InChI=1S/C43H34N4/c1-43(2)38-15-9-8-14-36(38)37-23-22-35(27-39(37)43)47(34-21-16-29-10-6-7-13-32(29)26-34)33-19-17-31(18-20-33)42(44)41(30-11-4-3-5-12-30)40-28-45-24-25-46-40/h3-28,44,46H,1-2H3/p+1. The lowest BCUT2D eigenvalue weighted by atomic mass is 9.82. The molecule has 0 aromatic heterocycles. The molecule has 0 radical (unpaired) electrons. The van der Waals surface area contributed by atoms with Crippen LogP contribution in [0.25, 0.3) is 27.5 Å². The Morgan fingerprint density at radius 2 is 1.28 bits per heavy atom. The summed E-state index contributed by atoms with van der Waals surface area (Å²) >= 11 is 0. The van der Waals surface area contributed by atoms with E-state index in [1.54, 1.807) is 6.20 Å². The number of benzene rings is 6. The third-order valence-electron chi connectivity index (χ3n) is 9.49. The van der Waals surface area contributed by atoms with Gasteiger partial charge in [-0.2, -0.15) is 0 Å². The molecule has 6 aromatic rings. The van der Waals surface area contributed by atoms with Crippen molar-refractivity contribution in [2.45, 2.75) is 19.3 Å². The summed E-state index contributed by atoms with van der Waals surface area (Å²) in [4.78, 5) is 6.69. The molecular formula is C43H35N4+. The van der Waals surface area contributed by atoms with Crippen molar-refractivity contribution >= 4 is 45.3 Å². The second-order valence-electron chi connectivity index (χ2n) is 12.7. The predicted octanol–water partition coefficient (Wildman–Crippen LogP) is 9.51. The molecule has 1 aliphatic heterocycles. The molecule has 2 aliphatic rings. The molecular weight excluding hydrogens is 573 g/mol. The van der Waals surface area contributed by atoms with E-state index in [1.807, 2.05) is 35.9 Å². The smallest absolute Gasteiger partial charge is 0.162 e. The molecule has 0 unspecified atom stereocenters. The number of aliphatic imine (C=N–C) groups is 1. The van der Waals surface area contributed by atoms with Gasteiger partial charge in [0.2, 0.25) is 0 Å². The Balaban J connectivity index is 1.23.